The van der Waals surface area contributed by atoms with Crippen molar-refractivity contribution >= 4 is 17.5 Å². The van der Waals surface area contributed by atoms with E-state index in [0.29, 0.717) is 30.0 Å². The van der Waals surface area contributed by atoms with Crippen LogP contribution in [0.3, 0.4) is 0 Å². The van der Waals surface area contributed by atoms with E-state index < -0.39 is 0 Å². The van der Waals surface area contributed by atoms with E-state index in [0.717, 1.165) is 25.2 Å². The highest BCUT2D eigenvalue weighted by Crippen LogP contribution is 2.28. The van der Waals surface area contributed by atoms with Crippen LogP contribution in [0.4, 0.5) is 5.82 Å². The number of aromatic nitrogens is 1. The maximum absolute atomic E-state index is 13.0. The molecule has 6 heteroatoms. The number of pyridine rings is 1. The van der Waals surface area contributed by atoms with Crippen LogP contribution in [0.5, 0.6) is 5.75 Å². The lowest BCUT2D eigenvalue weighted by atomic mass is 9.89. The molecule has 2 aromatic rings. The van der Waals surface area contributed by atoms with E-state index in [-0.39, 0.29) is 17.6 Å². The van der Waals surface area contributed by atoms with E-state index in [9.17, 15) is 9.59 Å². The number of hydrogen-bond donors (Lipinski definition) is 1. The Morgan fingerprint density at radius 1 is 1.26 bits per heavy atom. The summed E-state index contributed by atoms with van der Waals surface area (Å²) in [5, 5.41) is 2.76. The van der Waals surface area contributed by atoms with Crippen LogP contribution in [0.25, 0.3) is 0 Å². The summed E-state index contributed by atoms with van der Waals surface area (Å²) in [6.45, 7) is 3.93. The zero-order valence-corrected chi connectivity index (χ0v) is 15.8. The number of rotatable bonds is 6. The second kappa shape index (κ2) is 8.66. The average Bonchev–Trinajstić information content (AvgIpc) is 2.73. The largest absolute Gasteiger partial charge is 0.496 e. The van der Waals surface area contributed by atoms with Gasteiger partial charge in [-0.15, -0.1) is 0 Å². The minimum Gasteiger partial charge on any atom is -0.496 e. The van der Waals surface area contributed by atoms with Crippen molar-refractivity contribution in [2.24, 2.45) is 5.92 Å². The third kappa shape index (κ3) is 4.27. The van der Waals surface area contributed by atoms with Crippen LogP contribution in [-0.4, -0.2) is 43.4 Å². The van der Waals surface area contributed by atoms with E-state index >= 15 is 0 Å². The number of para-hydroxylation sites is 1. The summed E-state index contributed by atoms with van der Waals surface area (Å²) in [5.41, 5.74) is 1.17. The van der Waals surface area contributed by atoms with Crippen molar-refractivity contribution in [2.45, 2.75) is 19.8 Å². The van der Waals surface area contributed by atoms with Crippen molar-refractivity contribution in [1.82, 2.24) is 10.3 Å². The molecule has 0 saturated carbocycles. The van der Waals surface area contributed by atoms with Crippen molar-refractivity contribution < 1.29 is 14.3 Å². The van der Waals surface area contributed by atoms with Gasteiger partial charge in [-0.3, -0.25) is 9.59 Å². The first-order valence-electron chi connectivity index (χ1n) is 9.30. The molecule has 0 aliphatic carbocycles. The predicted molar refractivity (Wildman–Crippen MR) is 105 cm³/mol. The molecular formula is C21H25N3O3. The lowest BCUT2D eigenvalue weighted by Gasteiger charge is -2.33. The molecule has 27 heavy (non-hydrogen) atoms. The summed E-state index contributed by atoms with van der Waals surface area (Å²) in [5.74, 6) is 1.29. The number of piperidine rings is 1. The van der Waals surface area contributed by atoms with E-state index in [1.54, 1.807) is 19.4 Å². The standard InChI is InChI=1S/C21H25N3O3/c1-3-22-21(26)15-10-11-19(23-13-15)24-12-6-7-16(14-24)20(25)17-8-4-5-9-18(17)27-2/h4-5,8-11,13,16H,3,6-7,12,14H2,1-2H3,(H,22,26). The SMILES string of the molecule is CCNC(=O)c1ccc(N2CCCC(C(=O)c3ccccc3OC)C2)nc1. The Balaban J connectivity index is 1.72. The number of nitrogens with one attached hydrogen (secondary N) is 1. The van der Waals surface area contributed by atoms with E-state index in [1.807, 2.05) is 37.3 Å². The Labute approximate surface area is 159 Å². The zero-order valence-electron chi connectivity index (χ0n) is 15.8. The van der Waals surface area contributed by atoms with E-state index in [4.69, 9.17) is 4.74 Å². The van der Waals surface area contributed by atoms with Crippen LogP contribution in [0, 0.1) is 5.92 Å². The number of nitrogens with zero attached hydrogens (tertiary/aromatic N) is 2. The molecular weight excluding hydrogens is 342 g/mol. The quantitative estimate of drug-likeness (QED) is 0.795. The van der Waals surface area contributed by atoms with Gasteiger partial charge in [0.05, 0.1) is 18.2 Å². The summed E-state index contributed by atoms with van der Waals surface area (Å²) >= 11 is 0. The Morgan fingerprint density at radius 3 is 2.78 bits per heavy atom. The first kappa shape index (κ1) is 18.9. The van der Waals surface area contributed by atoms with Gasteiger partial charge in [0, 0.05) is 31.7 Å². The van der Waals surface area contributed by atoms with Gasteiger partial charge in [0.2, 0.25) is 0 Å². The van der Waals surface area contributed by atoms with Gasteiger partial charge in [0.15, 0.2) is 5.78 Å². The zero-order chi connectivity index (χ0) is 19.2. The van der Waals surface area contributed by atoms with Crippen LogP contribution in [0.1, 0.15) is 40.5 Å². The number of methoxy groups -OCH3 is 1. The van der Waals surface area contributed by atoms with Crippen LogP contribution >= 0.6 is 0 Å². The molecule has 1 N–H and O–H groups in total. The van der Waals surface area contributed by atoms with Crippen molar-refractivity contribution in [3.63, 3.8) is 0 Å². The van der Waals surface area contributed by atoms with Gasteiger partial charge >= 0.3 is 0 Å². The highest BCUT2D eigenvalue weighted by molar-refractivity contribution is 6.00. The molecule has 1 aromatic carbocycles. The molecule has 1 saturated heterocycles. The number of ketones is 1. The first-order chi connectivity index (χ1) is 13.1. The Kier molecular flexibility index (Phi) is 6.06. The minimum atomic E-state index is -0.126. The minimum absolute atomic E-state index is 0.0973. The summed E-state index contributed by atoms with van der Waals surface area (Å²) < 4.78 is 5.34. The molecule has 142 valence electrons. The van der Waals surface area contributed by atoms with Crippen LogP contribution in [0.15, 0.2) is 42.6 Å². The van der Waals surface area contributed by atoms with Crippen molar-refractivity contribution in [2.75, 3.05) is 31.6 Å². The highest BCUT2D eigenvalue weighted by Gasteiger charge is 2.28. The van der Waals surface area contributed by atoms with Gasteiger partial charge in [-0.25, -0.2) is 4.98 Å². The first-order valence-corrected chi connectivity index (χ1v) is 9.30. The molecule has 0 spiro atoms. The third-order valence-electron chi connectivity index (χ3n) is 4.84. The number of anilines is 1. The second-order valence-electron chi connectivity index (χ2n) is 6.61. The molecule has 0 bridgehead atoms. The number of hydrogen-bond acceptors (Lipinski definition) is 5. The van der Waals surface area contributed by atoms with Gasteiger partial charge in [0.25, 0.3) is 5.91 Å². The lowest BCUT2D eigenvalue weighted by Crippen LogP contribution is -2.39. The number of carbonyl (C=O) groups is 2. The fourth-order valence-electron chi connectivity index (χ4n) is 3.44. The van der Waals surface area contributed by atoms with Crippen molar-refractivity contribution in [3.05, 3.63) is 53.7 Å². The number of Topliss-reactive ketones (excluding diaryl/α,β-unsaturated/α-hetero) is 1. The number of benzene rings is 1. The lowest BCUT2D eigenvalue weighted by molar-refractivity contribution is 0.0903. The monoisotopic (exact) mass is 367 g/mol. The number of carbonyl (C=O) groups excluding carboxylic acids is 2. The summed E-state index contributed by atoms with van der Waals surface area (Å²) in [6.07, 6.45) is 3.36. The molecule has 1 unspecified atom stereocenters. The van der Waals surface area contributed by atoms with Gasteiger partial charge in [0.1, 0.15) is 11.6 Å². The third-order valence-corrected chi connectivity index (χ3v) is 4.84. The van der Waals surface area contributed by atoms with Crippen molar-refractivity contribution in [1.29, 1.82) is 0 Å². The number of ether oxygens (including phenoxy) is 1. The Bertz CT molecular complexity index is 805. The van der Waals surface area contributed by atoms with Gasteiger partial charge in [-0.1, -0.05) is 12.1 Å². The predicted octanol–water partition coefficient (Wildman–Crippen LogP) is 2.94. The molecule has 1 aromatic heterocycles. The molecule has 6 nitrogen and oxygen atoms in total. The smallest absolute Gasteiger partial charge is 0.252 e. The summed E-state index contributed by atoms with van der Waals surface area (Å²) in [7, 11) is 1.58. The molecule has 1 aliphatic heterocycles. The maximum Gasteiger partial charge on any atom is 0.252 e. The molecule has 0 radical (unpaired) electrons. The summed E-state index contributed by atoms with van der Waals surface area (Å²) in [6, 6.07) is 11.0. The summed E-state index contributed by atoms with van der Waals surface area (Å²) in [4.78, 5) is 31.4. The fraction of sp³-hybridized carbons (Fsp3) is 0.381. The van der Waals surface area contributed by atoms with Gasteiger partial charge < -0.3 is 15.0 Å². The topological polar surface area (TPSA) is 71.5 Å². The Morgan fingerprint density at radius 2 is 2.07 bits per heavy atom. The molecule has 1 aliphatic rings. The van der Waals surface area contributed by atoms with Crippen molar-refractivity contribution in [3.8, 4) is 5.75 Å². The second-order valence-corrected chi connectivity index (χ2v) is 6.61. The van der Waals surface area contributed by atoms with Crippen LogP contribution < -0.4 is 15.0 Å². The van der Waals surface area contributed by atoms with Gasteiger partial charge in [-0.05, 0) is 44.0 Å². The molecule has 1 amide bonds. The molecule has 3 rings (SSSR count). The van der Waals surface area contributed by atoms with Crippen LogP contribution in [-0.2, 0) is 0 Å². The maximum atomic E-state index is 13.0. The highest BCUT2D eigenvalue weighted by atomic mass is 16.5. The van der Waals surface area contributed by atoms with E-state index in [2.05, 4.69) is 15.2 Å². The fourth-order valence-corrected chi connectivity index (χ4v) is 3.44. The van der Waals surface area contributed by atoms with Crippen LogP contribution in [0.2, 0.25) is 0 Å². The van der Waals surface area contributed by atoms with E-state index in [1.165, 1.54) is 0 Å². The normalized spacial score (nSPS) is 16.7. The number of amides is 1. The van der Waals surface area contributed by atoms with Gasteiger partial charge in [-0.2, -0.15) is 0 Å². The average molecular weight is 367 g/mol. The molecule has 1 fully saturated rings. The Hall–Kier alpha value is -2.89. The molecule has 1 atom stereocenters. The molecule has 2 heterocycles.